The average Bonchev–Trinajstić information content (AvgIpc) is 3.01. The fourth-order valence-corrected chi connectivity index (χ4v) is 6.24. The summed E-state index contributed by atoms with van der Waals surface area (Å²) >= 11 is 0. The van der Waals surface area contributed by atoms with Crippen LogP contribution < -0.4 is 5.32 Å². The number of benzene rings is 3. The highest BCUT2D eigenvalue weighted by Crippen LogP contribution is 2.53. The van der Waals surface area contributed by atoms with Crippen molar-refractivity contribution in [2.75, 3.05) is 17.6 Å². The zero-order valence-electron chi connectivity index (χ0n) is 24.7. The van der Waals surface area contributed by atoms with E-state index >= 15 is 0 Å². The molecule has 3 aromatic carbocycles. The number of hydrogen-bond donors (Lipinski definition) is 1. The first-order valence-electron chi connectivity index (χ1n) is 13.9. The Kier molecular flexibility index (Phi) is 9.50. The van der Waals surface area contributed by atoms with E-state index in [1.54, 1.807) is 30.3 Å². The van der Waals surface area contributed by atoms with Crippen LogP contribution in [0.25, 0.3) is 0 Å². The van der Waals surface area contributed by atoms with Crippen LogP contribution in [0.15, 0.2) is 77.7 Å². The summed E-state index contributed by atoms with van der Waals surface area (Å²) < 4.78 is 125. The number of ether oxygens (including phenoxy) is 1. The first kappa shape index (κ1) is 35.4. The Morgan fingerprint density at radius 2 is 1.49 bits per heavy atom. The number of esters is 1. The normalized spacial score (nSPS) is 17.1. The maximum Gasteiger partial charge on any atom is 0.435 e. The van der Waals surface area contributed by atoms with Gasteiger partial charge in [-0.1, -0.05) is 55.5 Å². The van der Waals surface area contributed by atoms with Gasteiger partial charge in [-0.15, -0.1) is 0 Å². The molecule has 4 rings (SSSR count). The maximum absolute atomic E-state index is 14.6. The highest BCUT2D eigenvalue weighted by Gasteiger charge is 2.73. The number of nitrogens with zero attached hydrogens (tertiary/aromatic N) is 1. The van der Waals surface area contributed by atoms with Crippen molar-refractivity contribution in [3.8, 4) is 0 Å². The van der Waals surface area contributed by atoms with E-state index in [1.807, 2.05) is 0 Å². The third-order valence-corrected chi connectivity index (χ3v) is 9.49. The molecular weight excluding hydrogens is 661 g/mol. The van der Waals surface area contributed by atoms with E-state index in [2.05, 4.69) is 5.32 Å². The fourth-order valence-electron chi connectivity index (χ4n) is 5.31. The van der Waals surface area contributed by atoms with Crippen molar-refractivity contribution >= 4 is 33.3 Å². The van der Waals surface area contributed by atoms with Gasteiger partial charge < -0.3 is 15.0 Å². The van der Waals surface area contributed by atoms with E-state index in [-0.39, 0.29) is 53.5 Å². The third-order valence-electron chi connectivity index (χ3n) is 7.75. The number of nitrogens with one attached hydrogen (secondary N) is 1. The summed E-state index contributed by atoms with van der Waals surface area (Å²) in [6, 6.07) is 13.2. The average molecular weight is 689 g/mol. The molecule has 1 heterocycles. The molecule has 0 saturated carbocycles. The molecule has 0 aromatic heterocycles. The SMILES string of the molecule is CCS(=O)(=O)c1ccc2c(c1)CCN(C(C)=O)C2(C(=O)Nc1ccc(C(F)(C(F)(F)F)C(F)(F)F)cc1)C(=O)OCc1ccccc1. The van der Waals surface area contributed by atoms with Crippen molar-refractivity contribution in [2.45, 2.75) is 55.3 Å². The minimum Gasteiger partial charge on any atom is -0.458 e. The second-order valence-corrected chi connectivity index (χ2v) is 12.9. The number of hydrogen-bond acceptors (Lipinski definition) is 6. The Labute approximate surface area is 264 Å². The zero-order chi connectivity index (χ0) is 35.0. The van der Waals surface area contributed by atoms with Crippen molar-refractivity contribution in [1.82, 2.24) is 4.90 Å². The Morgan fingerprint density at radius 1 is 0.894 bits per heavy atom. The van der Waals surface area contributed by atoms with Gasteiger partial charge in [-0.25, -0.2) is 17.6 Å². The number of fused-ring (bicyclic) bond motifs is 1. The van der Waals surface area contributed by atoms with Crippen molar-refractivity contribution in [1.29, 1.82) is 0 Å². The molecule has 0 radical (unpaired) electrons. The van der Waals surface area contributed by atoms with Gasteiger partial charge in [0, 0.05) is 30.3 Å². The highest BCUT2D eigenvalue weighted by atomic mass is 32.2. The molecule has 16 heteroatoms. The molecular formula is C31H27F7N2O6S. The summed E-state index contributed by atoms with van der Waals surface area (Å²) in [7, 11) is -3.76. The number of amides is 2. The molecule has 1 aliphatic heterocycles. The van der Waals surface area contributed by atoms with Crippen LogP contribution in [0.3, 0.4) is 0 Å². The molecule has 0 fully saturated rings. The lowest BCUT2D eigenvalue weighted by Crippen LogP contribution is -2.64. The molecule has 2 amide bonds. The molecule has 0 spiro atoms. The minimum atomic E-state index is -6.37. The summed E-state index contributed by atoms with van der Waals surface area (Å²) in [5, 5.41) is 2.23. The summed E-state index contributed by atoms with van der Waals surface area (Å²) in [6.07, 6.45) is -12.7. The molecule has 1 atom stereocenters. The van der Waals surface area contributed by atoms with Crippen LogP contribution in [0.2, 0.25) is 0 Å². The highest BCUT2D eigenvalue weighted by molar-refractivity contribution is 7.91. The predicted molar refractivity (Wildman–Crippen MR) is 153 cm³/mol. The van der Waals surface area contributed by atoms with E-state index < -0.39 is 62.4 Å². The van der Waals surface area contributed by atoms with Gasteiger partial charge in [0.1, 0.15) is 6.61 Å². The topological polar surface area (TPSA) is 110 Å². The van der Waals surface area contributed by atoms with Crippen LogP contribution in [-0.4, -0.2) is 55.8 Å². The molecule has 0 aliphatic carbocycles. The molecule has 0 saturated heterocycles. The van der Waals surface area contributed by atoms with Crippen LogP contribution in [0.5, 0.6) is 0 Å². The Morgan fingerprint density at radius 3 is 2.02 bits per heavy atom. The summed E-state index contributed by atoms with van der Waals surface area (Å²) in [4.78, 5) is 42.0. The minimum absolute atomic E-state index is 0.00511. The van der Waals surface area contributed by atoms with E-state index in [0.717, 1.165) is 17.9 Å². The number of sulfone groups is 1. The maximum atomic E-state index is 14.6. The lowest BCUT2D eigenvalue weighted by molar-refractivity contribution is -0.348. The first-order valence-corrected chi connectivity index (χ1v) is 15.6. The van der Waals surface area contributed by atoms with Crippen LogP contribution in [0, 0.1) is 0 Å². The van der Waals surface area contributed by atoms with E-state index in [4.69, 9.17) is 4.74 Å². The second kappa shape index (κ2) is 12.6. The first-order chi connectivity index (χ1) is 21.8. The number of carbonyl (C=O) groups excluding carboxylic acids is 3. The number of anilines is 1. The molecule has 8 nitrogen and oxygen atoms in total. The van der Waals surface area contributed by atoms with Crippen molar-refractivity contribution in [3.63, 3.8) is 0 Å². The van der Waals surface area contributed by atoms with Crippen LogP contribution in [0.1, 0.15) is 36.1 Å². The summed E-state index contributed by atoms with van der Waals surface area (Å²) in [6.45, 7) is 1.80. The lowest BCUT2D eigenvalue weighted by Gasteiger charge is -2.44. The Balaban J connectivity index is 1.84. The quantitative estimate of drug-likeness (QED) is 0.184. The molecule has 47 heavy (non-hydrogen) atoms. The van der Waals surface area contributed by atoms with Crippen molar-refractivity contribution in [2.24, 2.45) is 0 Å². The Bertz CT molecular complexity index is 1760. The lowest BCUT2D eigenvalue weighted by atomic mass is 9.79. The van der Waals surface area contributed by atoms with Crippen LogP contribution in [0.4, 0.5) is 36.4 Å². The molecule has 1 N–H and O–H groups in total. The molecule has 252 valence electrons. The van der Waals surface area contributed by atoms with E-state index in [9.17, 15) is 53.5 Å². The fraction of sp³-hybridized carbons (Fsp3) is 0.323. The molecule has 0 bridgehead atoms. The monoisotopic (exact) mass is 688 g/mol. The number of rotatable bonds is 8. The third kappa shape index (κ3) is 6.30. The summed E-state index contributed by atoms with van der Waals surface area (Å²) in [5.74, 6) is -3.64. The predicted octanol–water partition coefficient (Wildman–Crippen LogP) is 5.75. The van der Waals surface area contributed by atoms with Gasteiger partial charge in [-0.05, 0) is 41.8 Å². The van der Waals surface area contributed by atoms with Gasteiger partial charge in [0.05, 0.1) is 10.6 Å². The van der Waals surface area contributed by atoms with E-state index in [0.29, 0.717) is 17.7 Å². The smallest absolute Gasteiger partial charge is 0.435 e. The largest absolute Gasteiger partial charge is 0.458 e. The standard InChI is InChI=1S/C31H27F7N2O6S/c1-3-47(44,45)24-13-14-25-21(17-24)15-16-40(19(2)41)28(25,27(43)46-18-20-7-5-4-6-8-20)26(42)39-23-11-9-22(10-12-23)29(32,30(33,34)35)31(36,37)38/h4-14,17H,3,15-16,18H2,1-2H3,(H,39,42). The molecule has 1 unspecified atom stereocenters. The Hall–Kier alpha value is -4.47. The van der Waals surface area contributed by atoms with Gasteiger partial charge in [-0.2, -0.15) is 26.3 Å². The van der Waals surface area contributed by atoms with Crippen molar-refractivity contribution < 1.29 is 58.3 Å². The van der Waals surface area contributed by atoms with Gasteiger partial charge in [0.25, 0.3) is 5.91 Å². The second-order valence-electron chi connectivity index (χ2n) is 10.6. The number of carbonyl (C=O) groups is 3. The van der Waals surface area contributed by atoms with Gasteiger partial charge in [-0.3, -0.25) is 9.59 Å². The van der Waals surface area contributed by atoms with Gasteiger partial charge in [0.2, 0.25) is 11.4 Å². The van der Waals surface area contributed by atoms with Gasteiger partial charge in [0.15, 0.2) is 9.84 Å². The van der Waals surface area contributed by atoms with Crippen LogP contribution in [-0.2, 0) is 53.2 Å². The molecule has 1 aliphatic rings. The summed E-state index contributed by atoms with van der Waals surface area (Å²) in [5.41, 5.74) is -10.1. The molecule has 3 aromatic rings. The van der Waals surface area contributed by atoms with Crippen LogP contribution >= 0.6 is 0 Å². The number of halogens is 7. The number of alkyl halides is 7. The zero-order valence-corrected chi connectivity index (χ0v) is 25.5. The van der Waals surface area contributed by atoms with Crippen molar-refractivity contribution in [3.05, 3.63) is 95.1 Å². The van der Waals surface area contributed by atoms with E-state index in [1.165, 1.54) is 19.1 Å². The van der Waals surface area contributed by atoms with Gasteiger partial charge >= 0.3 is 24.0 Å².